The fraction of sp³-hybridized carbons (Fsp3) is 0.533. The summed E-state index contributed by atoms with van der Waals surface area (Å²) < 4.78 is 0. The average molecular weight is 259 g/mol. The van der Waals surface area contributed by atoms with Crippen LogP contribution in [0.2, 0.25) is 0 Å². The third-order valence-electron chi connectivity index (χ3n) is 4.03. The van der Waals surface area contributed by atoms with E-state index in [0.717, 1.165) is 38.4 Å². The standard InChI is InChI=1S/C15H21N3O/c1-11-7-12(2)9-13(8-11)18-6-5-17-4-3-16-10-14(17)15(18)19/h7-9,14,16H,3-6,10H2,1-2H3. The molecule has 0 aromatic heterocycles. The summed E-state index contributed by atoms with van der Waals surface area (Å²) in [6.07, 6.45) is 0. The number of hydrogen-bond acceptors (Lipinski definition) is 3. The Balaban J connectivity index is 1.87. The van der Waals surface area contributed by atoms with Gasteiger partial charge in [-0.3, -0.25) is 9.69 Å². The van der Waals surface area contributed by atoms with E-state index in [2.05, 4.69) is 42.3 Å². The molecule has 4 heteroatoms. The molecule has 19 heavy (non-hydrogen) atoms. The van der Waals surface area contributed by atoms with Crippen LogP contribution in [0, 0.1) is 13.8 Å². The quantitative estimate of drug-likeness (QED) is 0.815. The molecular weight excluding hydrogens is 238 g/mol. The van der Waals surface area contributed by atoms with Crippen LogP contribution in [0.15, 0.2) is 18.2 Å². The van der Waals surface area contributed by atoms with Crippen molar-refractivity contribution in [2.75, 3.05) is 37.6 Å². The molecule has 2 aliphatic heterocycles. The summed E-state index contributed by atoms with van der Waals surface area (Å²) in [5.41, 5.74) is 3.48. The molecule has 1 N–H and O–H groups in total. The van der Waals surface area contributed by atoms with Gasteiger partial charge in [-0.05, 0) is 37.1 Å². The van der Waals surface area contributed by atoms with Crippen LogP contribution in [0.4, 0.5) is 5.69 Å². The highest BCUT2D eigenvalue weighted by atomic mass is 16.2. The minimum atomic E-state index is 0.0170. The van der Waals surface area contributed by atoms with Crippen molar-refractivity contribution in [3.05, 3.63) is 29.3 Å². The fourth-order valence-electron chi connectivity index (χ4n) is 3.14. The number of piperazine rings is 2. The minimum Gasteiger partial charge on any atom is -0.313 e. The maximum Gasteiger partial charge on any atom is 0.245 e. The third kappa shape index (κ3) is 2.38. The normalized spacial score (nSPS) is 24.4. The van der Waals surface area contributed by atoms with Gasteiger partial charge >= 0.3 is 0 Å². The second-order valence-electron chi connectivity index (χ2n) is 5.59. The van der Waals surface area contributed by atoms with Gasteiger partial charge in [0, 0.05) is 38.4 Å². The Hall–Kier alpha value is -1.39. The lowest BCUT2D eigenvalue weighted by molar-refractivity contribution is -0.126. The highest BCUT2D eigenvalue weighted by Crippen LogP contribution is 2.23. The summed E-state index contributed by atoms with van der Waals surface area (Å²) >= 11 is 0. The van der Waals surface area contributed by atoms with E-state index in [9.17, 15) is 4.79 Å². The van der Waals surface area contributed by atoms with E-state index in [1.54, 1.807) is 0 Å². The molecule has 1 atom stereocenters. The Kier molecular flexibility index (Phi) is 3.29. The summed E-state index contributed by atoms with van der Waals surface area (Å²) in [5.74, 6) is 0.239. The topological polar surface area (TPSA) is 35.6 Å². The Morgan fingerprint density at radius 3 is 2.58 bits per heavy atom. The zero-order valence-corrected chi connectivity index (χ0v) is 11.6. The number of aryl methyl sites for hydroxylation is 2. The molecule has 1 unspecified atom stereocenters. The summed E-state index contributed by atoms with van der Waals surface area (Å²) in [6, 6.07) is 6.38. The first kappa shape index (κ1) is 12.6. The number of nitrogens with one attached hydrogen (secondary N) is 1. The number of hydrogen-bond donors (Lipinski definition) is 1. The van der Waals surface area contributed by atoms with Crippen LogP contribution >= 0.6 is 0 Å². The SMILES string of the molecule is Cc1cc(C)cc(N2CCN3CCNCC3C2=O)c1. The number of fused-ring (bicyclic) bond motifs is 1. The Bertz CT molecular complexity index is 480. The van der Waals surface area contributed by atoms with Crippen molar-refractivity contribution in [2.24, 2.45) is 0 Å². The highest BCUT2D eigenvalue weighted by Gasteiger charge is 2.36. The average Bonchev–Trinajstić information content (AvgIpc) is 2.38. The largest absolute Gasteiger partial charge is 0.313 e. The van der Waals surface area contributed by atoms with Gasteiger partial charge in [0.2, 0.25) is 5.91 Å². The van der Waals surface area contributed by atoms with Gasteiger partial charge in [0.05, 0.1) is 0 Å². The molecule has 1 amide bonds. The number of benzene rings is 1. The molecule has 4 nitrogen and oxygen atoms in total. The van der Waals surface area contributed by atoms with E-state index in [0.29, 0.717) is 0 Å². The number of nitrogens with zero attached hydrogens (tertiary/aromatic N) is 2. The molecule has 2 fully saturated rings. The molecule has 0 saturated carbocycles. The van der Waals surface area contributed by atoms with Crippen LogP contribution in [-0.2, 0) is 4.79 Å². The first-order chi connectivity index (χ1) is 9.15. The van der Waals surface area contributed by atoms with Crippen LogP contribution < -0.4 is 10.2 Å². The molecule has 1 aromatic rings. The van der Waals surface area contributed by atoms with E-state index >= 15 is 0 Å². The summed E-state index contributed by atoms with van der Waals surface area (Å²) in [7, 11) is 0. The molecule has 1 aromatic carbocycles. The van der Waals surface area contributed by atoms with E-state index in [-0.39, 0.29) is 11.9 Å². The van der Waals surface area contributed by atoms with Crippen LogP contribution in [-0.4, -0.2) is 49.6 Å². The predicted molar refractivity (Wildman–Crippen MR) is 76.5 cm³/mol. The smallest absolute Gasteiger partial charge is 0.245 e. The third-order valence-corrected chi connectivity index (χ3v) is 4.03. The van der Waals surface area contributed by atoms with Crippen LogP contribution in [0.25, 0.3) is 0 Å². The molecule has 102 valence electrons. The van der Waals surface area contributed by atoms with Crippen molar-refractivity contribution in [2.45, 2.75) is 19.9 Å². The maximum absolute atomic E-state index is 12.6. The molecule has 3 rings (SSSR count). The van der Waals surface area contributed by atoms with Crippen molar-refractivity contribution in [3.63, 3.8) is 0 Å². The lowest BCUT2D eigenvalue weighted by Gasteiger charge is -2.43. The van der Waals surface area contributed by atoms with Gasteiger partial charge in [-0.25, -0.2) is 0 Å². The number of carbonyl (C=O) groups is 1. The molecule has 2 heterocycles. The van der Waals surface area contributed by atoms with Crippen LogP contribution in [0.1, 0.15) is 11.1 Å². The maximum atomic E-state index is 12.6. The van der Waals surface area contributed by atoms with Gasteiger partial charge in [0.15, 0.2) is 0 Å². The molecule has 0 aliphatic carbocycles. The van der Waals surface area contributed by atoms with Crippen molar-refractivity contribution < 1.29 is 4.79 Å². The van der Waals surface area contributed by atoms with Gasteiger partial charge < -0.3 is 10.2 Å². The summed E-state index contributed by atoms with van der Waals surface area (Å²) in [5, 5.41) is 3.32. The first-order valence-electron chi connectivity index (χ1n) is 6.99. The molecule has 2 aliphatic rings. The van der Waals surface area contributed by atoms with E-state index < -0.39 is 0 Å². The molecule has 0 radical (unpaired) electrons. The Morgan fingerprint density at radius 1 is 1.11 bits per heavy atom. The van der Waals surface area contributed by atoms with Crippen molar-refractivity contribution in [3.8, 4) is 0 Å². The van der Waals surface area contributed by atoms with Gasteiger partial charge in [0.1, 0.15) is 6.04 Å². The predicted octanol–water partition coefficient (Wildman–Crippen LogP) is 0.924. The van der Waals surface area contributed by atoms with Gasteiger partial charge in [0.25, 0.3) is 0 Å². The second-order valence-corrected chi connectivity index (χ2v) is 5.59. The van der Waals surface area contributed by atoms with Crippen molar-refractivity contribution >= 4 is 11.6 Å². The zero-order valence-electron chi connectivity index (χ0n) is 11.6. The summed E-state index contributed by atoms with van der Waals surface area (Å²) in [6.45, 7) is 8.70. The van der Waals surface area contributed by atoms with E-state index in [1.165, 1.54) is 11.1 Å². The lowest BCUT2D eigenvalue weighted by Crippen LogP contribution is -2.64. The first-order valence-corrected chi connectivity index (χ1v) is 6.99. The number of anilines is 1. The molecule has 0 spiro atoms. The van der Waals surface area contributed by atoms with Crippen molar-refractivity contribution in [1.82, 2.24) is 10.2 Å². The molecule has 2 saturated heterocycles. The minimum absolute atomic E-state index is 0.0170. The monoisotopic (exact) mass is 259 g/mol. The number of carbonyl (C=O) groups excluding carboxylic acids is 1. The highest BCUT2D eigenvalue weighted by molar-refractivity contribution is 5.98. The molecular formula is C15H21N3O. The fourth-order valence-corrected chi connectivity index (χ4v) is 3.14. The zero-order chi connectivity index (χ0) is 13.4. The Labute approximate surface area is 114 Å². The van der Waals surface area contributed by atoms with Gasteiger partial charge in [-0.1, -0.05) is 6.07 Å². The number of amides is 1. The second kappa shape index (κ2) is 4.94. The van der Waals surface area contributed by atoms with E-state index in [4.69, 9.17) is 0 Å². The number of rotatable bonds is 1. The summed E-state index contributed by atoms with van der Waals surface area (Å²) in [4.78, 5) is 16.9. The van der Waals surface area contributed by atoms with Crippen molar-refractivity contribution in [1.29, 1.82) is 0 Å². The Morgan fingerprint density at radius 2 is 1.84 bits per heavy atom. The van der Waals surface area contributed by atoms with Gasteiger partial charge in [-0.2, -0.15) is 0 Å². The van der Waals surface area contributed by atoms with Crippen LogP contribution in [0.3, 0.4) is 0 Å². The molecule has 0 bridgehead atoms. The van der Waals surface area contributed by atoms with E-state index in [1.807, 2.05) is 4.90 Å². The van der Waals surface area contributed by atoms with Gasteiger partial charge in [-0.15, -0.1) is 0 Å². The lowest BCUT2D eigenvalue weighted by atomic mass is 10.1. The van der Waals surface area contributed by atoms with Crippen LogP contribution in [0.5, 0.6) is 0 Å².